The van der Waals surface area contributed by atoms with Crippen LogP contribution in [0.1, 0.15) is 32.8 Å². The van der Waals surface area contributed by atoms with E-state index >= 15 is 0 Å². The highest BCUT2D eigenvalue weighted by Gasteiger charge is 2.31. The smallest absolute Gasteiger partial charge is 0.212 e. The van der Waals surface area contributed by atoms with Crippen molar-refractivity contribution >= 4 is 30.1 Å². The van der Waals surface area contributed by atoms with Crippen molar-refractivity contribution in [2.45, 2.75) is 40.2 Å². The Kier molecular flexibility index (Phi) is 9.62. The van der Waals surface area contributed by atoms with Crippen LogP contribution in [0.5, 0.6) is 0 Å². The number of hydrogen-bond acceptors (Lipinski definition) is 5. The first-order chi connectivity index (χ1) is 15.9. The minimum absolute atomic E-state index is 0.188. The molecule has 1 aromatic carbocycles. The summed E-state index contributed by atoms with van der Waals surface area (Å²) in [5.74, 6) is 1.96. The number of aryl methyl sites for hydroxylation is 1. The Labute approximate surface area is 197 Å². The maximum absolute atomic E-state index is 9.39. The number of nitrogens with zero attached hydrogens (tertiary/aromatic N) is 6. The second-order valence-corrected chi connectivity index (χ2v) is 8.23. The molecule has 1 N–H and O–H groups in total. The first kappa shape index (κ1) is 25.6. The Morgan fingerprint density at radius 2 is 2.06 bits per heavy atom. The van der Waals surface area contributed by atoms with Gasteiger partial charge in [-0.2, -0.15) is 5.26 Å². The monoisotopic (exact) mass is 445 g/mol. The minimum atomic E-state index is 0.188. The summed E-state index contributed by atoms with van der Waals surface area (Å²) in [4.78, 5) is 18.5. The number of aromatic nitrogens is 2. The molecular weight excluding hydrogens is 410 g/mol. The van der Waals surface area contributed by atoms with Gasteiger partial charge in [0.05, 0.1) is 22.6 Å². The molecule has 3 rings (SSSR count). The number of guanidine groups is 1. The summed E-state index contributed by atoms with van der Waals surface area (Å²) in [6, 6.07) is 8.15. The Morgan fingerprint density at radius 1 is 1.33 bits per heavy atom. The molecule has 0 amide bonds. The highest BCUT2D eigenvalue weighted by molar-refractivity contribution is 5.85. The summed E-state index contributed by atoms with van der Waals surface area (Å²) < 4.78 is 0. The number of nitriles is 1. The van der Waals surface area contributed by atoms with E-state index in [-0.39, 0.29) is 6.04 Å². The molecule has 0 aliphatic carbocycles. The van der Waals surface area contributed by atoms with Crippen LogP contribution in [-0.4, -0.2) is 46.5 Å². The quantitative estimate of drug-likeness (QED) is 0.256. The largest absolute Gasteiger partial charge is 0.351 e. The standard InChI is InChI=1S/C24H31N7.C2H4/c1-6-21-19(5)26-14-23(28-21)30-11-12-31(20(15-30)13-17(2)3)24(27-16-25)29-22-10-8-7-9-18(22)4;1-2/h6-10,14,17,20H,5,11-13,15H2,1-4H3,(H,27,29);1-2H2/b21-6+;. The van der Waals surface area contributed by atoms with Crippen molar-refractivity contribution in [1.82, 2.24) is 20.2 Å². The van der Waals surface area contributed by atoms with Gasteiger partial charge in [-0.05, 0) is 37.8 Å². The molecule has 7 heteroatoms. The lowest BCUT2D eigenvalue weighted by Gasteiger charge is -2.43. The van der Waals surface area contributed by atoms with Gasteiger partial charge in [0.1, 0.15) is 5.82 Å². The Bertz CT molecular complexity index is 1100. The van der Waals surface area contributed by atoms with E-state index in [1.165, 1.54) is 0 Å². The fourth-order valence-electron chi connectivity index (χ4n) is 3.91. The first-order valence-electron chi connectivity index (χ1n) is 11.2. The zero-order valence-electron chi connectivity index (χ0n) is 20.3. The van der Waals surface area contributed by atoms with E-state index in [2.05, 4.69) is 59.9 Å². The van der Waals surface area contributed by atoms with E-state index in [4.69, 9.17) is 9.98 Å². The molecule has 0 spiro atoms. The van der Waals surface area contributed by atoms with Gasteiger partial charge in [0.2, 0.25) is 5.96 Å². The molecule has 1 aliphatic rings. The van der Waals surface area contributed by atoms with Gasteiger partial charge in [0.15, 0.2) is 6.19 Å². The summed E-state index contributed by atoms with van der Waals surface area (Å²) in [6.45, 7) is 20.6. The van der Waals surface area contributed by atoms with Crippen LogP contribution < -0.4 is 20.9 Å². The van der Waals surface area contributed by atoms with E-state index in [9.17, 15) is 5.26 Å². The Balaban J connectivity index is 0.00000187. The van der Waals surface area contributed by atoms with Gasteiger partial charge < -0.3 is 9.80 Å². The van der Waals surface area contributed by atoms with Crippen LogP contribution in [0.15, 0.2) is 48.6 Å². The minimum Gasteiger partial charge on any atom is -0.351 e. The number of hydrogen-bond donors (Lipinski definition) is 1. The zero-order chi connectivity index (χ0) is 24.4. The van der Waals surface area contributed by atoms with Crippen molar-refractivity contribution < 1.29 is 0 Å². The fourth-order valence-corrected chi connectivity index (χ4v) is 3.91. The predicted molar refractivity (Wildman–Crippen MR) is 137 cm³/mol. The van der Waals surface area contributed by atoms with Crippen molar-refractivity contribution in [3.63, 3.8) is 0 Å². The molecule has 1 aliphatic heterocycles. The van der Waals surface area contributed by atoms with Gasteiger partial charge >= 0.3 is 0 Å². The third-order valence-electron chi connectivity index (χ3n) is 5.47. The summed E-state index contributed by atoms with van der Waals surface area (Å²) in [5.41, 5.74) is 1.94. The molecule has 33 heavy (non-hydrogen) atoms. The van der Waals surface area contributed by atoms with Crippen molar-refractivity contribution in [2.75, 3.05) is 24.5 Å². The number of para-hydroxylation sites is 1. The normalized spacial score (nSPS) is 16.8. The third-order valence-corrected chi connectivity index (χ3v) is 5.47. The lowest BCUT2D eigenvalue weighted by Crippen LogP contribution is -2.58. The molecule has 0 radical (unpaired) electrons. The molecule has 1 fully saturated rings. The van der Waals surface area contributed by atoms with Gasteiger partial charge in [0.25, 0.3) is 0 Å². The number of nitrogens with one attached hydrogen (secondary N) is 1. The molecule has 2 heterocycles. The lowest BCUT2D eigenvalue weighted by atomic mass is 10.00. The number of piperazine rings is 1. The van der Waals surface area contributed by atoms with Crippen molar-refractivity contribution in [3.8, 4) is 6.19 Å². The van der Waals surface area contributed by atoms with Gasteiger partial charge in [0, 0.05) is 25.7 Å². The van der Waals surface area contributed by atoms with E-state index in [1.54, 1.807) is 6.20 Å². The summed E-state index contributed by atoms with van der Waals surface area (Å²) in [7, 11) is 0. The third kappa shape index (κ3) is 6.66. The average Bonchev–Trinajstić information content (AvgIpc) is 2.81. The van der Waals surface area contributed by atoms with Gasteiger partial charge in [-0.25, -0.2) is 9.98 Å². The molecule has 0 bridgehead atoms. The molecule has 1 atom stereocenters. The molecule has 0 saturated carbocycles. The van der Waals surface area contributed by atoms with Crippen molar-refractivity contribution in [2.24, 2.45) is 10.9 Å². The molecule has 1 aromatic heterocycles. The summed E-state index contributed by atoms with van der Waals surface area (Å²) in [5, 5.41) is 13.7. The molecule has 174 valence electrons. The van der Waals surface area contributed by atoms with E-state index in [0.29, 0.717) is 17.2 Å². The molecular formula is C26H35N7. The first-order valence-corrected chi connectivity index (χ1v) is 11.2. The highest BCUT2D eigenvalue weighted by atomic mass is 15.4. The van der Waals surface area contributed by atoms with Crippen LogP contribution in [0.25, 0.3) is 12.7 Å². The van der Waals surface area contributed by atoms with Crippen molar-refractivity contribution in [3.05, 3.63) is 59.9 Å². The zero-order valence-corrected chi connectivity index (χ0v) is 20.3. The van der Waals surface area contributed by atoms with Crippen molar-refractivity contribution in [1.29, 1.82) is 5.26 Å². The molecule has 1 saturated heterocycles. The number of rotatable bonds is 4. The van der Waals surface area contributed by atoms with Crippen LogP contribution in [-0.2, 0) is 0 Å². The average molecular weight is 446 g/mol. The summed E-state index contributed by atoms with van der Waals surface area (Å²) in [6.07, 6.45) is 6.78. The summed E-state index contributed by atoms with van der Waals surface area (Å²) >= 11 is 0. The number of aliphatic imine (C=N–C) groups is 1. The molecule has 2 aromatic rings. The van der Waals surface area contributed by atoms with Crippen LogP contribution in [0.2, 0.25) is 0 Å². The van der Waals surface area contributed by atoms with E-state index in [0.717, 1.165) is 48.5 Å². The molecule has 1 unspecified atom stereocenters. The Hall–Kier alpha value is -3.66. The van der Waals surface area contributed by atoms with Crippen LogP contribution in [0, 0.1) is 24.3 Å². The topological polar surface area (TPSA) is 80.4 Å². The SMILES string of the molecule is C=C.C=c1ncc(N2CCN(C(=Nc3ccccc3C)NC#N)C(CC(C)C)C2)n/c1=C/C. The Morgan fingerprint density at radius 3 is 2.70 bits per heavy atom. The number of benzene rings is 1. The second-order valence-electron chi connectivity index (χ2n) is 8.23. The second kappa shape index (κ2) is 12.4. The molecule has 7 nitrogen and oxygen atoms in total. The predicted octanol–water partition coefficient (Wildman–Crippen LogP) is 3.09. The maximum atomic E-state index is 9.39. The van der Waals surface area contributed by atoms with Gasteiger partial charge in [-0.3, -0.25) is 10.3 Å². The van der Waals surface area contributed by atoms with Gasteiger partial charge in [-0.1, -0.05) is 44.7 Å². The van der Waals surface area contributed by atoms with Crippen LogP contribution in [0.3, 0.4) is 0 Å². The van der Waals surface area contributed by atoms with E-state index in [1.807, 2.05) is 44.2 Å². The number of anilines is 1. The van der Waals surface area contributed by atoms with E-state index < -0.39 is 0 Å². The lowest BCUT2D eigenvalue weighted by molar-refractivity contribution is 0.241. The maximum Gasteiger partial charge on any atom is 0.212 e. The van der Waals surface area contributed by atoms with Gasteiger partial charge in [-0.15, -0.1) is 13.2 Å². The van der Waals surface area contributed by atoms with Crippen LogP contribution >= 0.6 is 0 Å². The fraction of sp³-hybridized carbons (Fsp3) is 0.385. The van der Waals surface area contributed by atoms with Crippen LogP contribution in [0.4, 0.5) is 11.5 Å². The highest BCUT2D eigenvalue weighted by Crippen LogP contribution is 2.23.